The number of nitrogens with zero attached hydrogens (tertiary/aromatic N) is 1. The van der Waals surface area contributed by atoms with Crippen molar-refractivity contribution in [2.24, 2.45) is 5.73 Å². The Morgan fingerprint density at radius 1 is 1.12 bits per heavy atom. The van der Waals surface area contributed by atoms with Crippen LogP contribution < -0.4 is 21.9 Å². The van der Waals surface area contributed by atoms with Gasteiger partial charge in [0.1, 0.15) is 0 Å². The Bertz CT molecular complexity index is 769. The third-order valence-corrected chi connectivity index (χ3v) is 4.09. The van der Waals surface area contributed by atoms with E-state index in [9.17, 15) is 9.59 Å². The van der Waals surface area contributed by atoms with Gasteiger partial charge in [0.05, 0.1) is 6.54 Å². The topological polar surface area (TPSA) is 89.2 Å². The van der Waals surface area contributed by atoms with Crippen LogP contribution in [0.3, 0.4) is 0 Å². The normalized spacial score (nSPS) is 10.7. The second kappa shape index (κ2) is 9.15. The largest absolute Gasteiger partial charge is 0.351 e. The highest BCUT2D eigenvalue weighted by atomic mass is 16.2. The van der Waals surface area contributed by atoms with Crippen molar-refractivity contribution in [3.8, 4) is 0 Å². The molecule has 1 heterocycles. The number of amides is 1. The van der Waals surface area contributed by atoms with Crippen LogP contribution in [0, 0.1) is 13.8 Å². The molecule has 0 spiro atoms. The molecule has 1 amide bonds. The second-order valence-electron chi connectivity index (χ2n) is 6.00. The van der Waals surface area contributed by atoms with Gasteiger partial charge in [0.2, 0.25) is 0 Å². The first-order valence-corrected chi connectivity index (χ1v) is 8.48. The number of nitrogens with two attached hydrogens (primary N) is 1. The summed E-state index contributed by atoms with van der Waals surface area (Å²) >= 11 is 0. The molecular weight excluding hydrogens is 316 g/mol. The van der Waals surface area contributed by atoms with Crippen LogP contribution in [0.25, 0.3) is 0 Å². The highest BCUT2D eigenvalue weighted by Gasteiger charge is 2.15. The Hall–Kier alpha value is -2.44. The fourth-order valence-corrected chi connectivity index (χ4v) is 2.66. The number of rotatable bonds is 8. The first kappa shape index (κ1) is 18.9. The molecule has 1 aromatic heterocycles. The minimum absolute atomic E-state index is 0.129. The van der Waals surface area contributed by atoms with E-state index >= 15 is 0 Å². The summed E-state index contributed by atoms with van der Waals surface area (Å²) in [6.07, 6.45) is 0. The molecule has 4 N–H and O–H groups in total. The van der Waals surface area contributed by atoms with E-state index in [0.717, 1.165) is 11.3 Å². The summed E-state index contributed by atoms with van der Waals surface area (Å²) < 4.78 is 1.70. The fourth-order valence-electron chi connectivity index (χ4n) is 2.66. The van der Waals surface area contributed by atoms with Crippen molar-refractivity contribution >= 4 is 5.91 Å². The molecule has 0 aliphatic heterocycles. The molecule has 25 heavy (non-hydrogen) atoms. The van der Waals surface area contributed by atoms with Crippen LogP contribution in [0.1, 0.15) is 27.2 Å². The van der Waals surface area contributed by atoms with Crippen LogP contribution in [0.4, 0.5) is 0 Å². The van der Waals surface area contributed by atoms with Crippen molar-refractivity contribution in [1.29, 1.82) is 0 Å². The Labute approximate surface area is 148 Å². The Balaban J connectivity index is 2.14. The smallest absolute Gasteiger partial charge is 0.254 e. The van der Waals surface area contributed by atoms with Crippen LogP contribution in [0.5, 0.6) is 0 Å². The minimum atomic E-state index is -0.223. The first-order valence-electron chi connectivity index (χ1n) is 8.48. The number of carbonyl (C=O) groups is 1. The number of carbonyl (C=O) groups excluding carboxylic acids is 1. The zero-order chi connectivity index (χ0) is 18.2. The number of nitrogens with one attached hydrogen (secondary N) is 2. The molecule has 0 aliphatic carbocycles. The molecule has 6 heteroatoms. The summed E-state index contributed by atoms with van der Waals surface area (Å²) in [7, 11) is 0. The fraction of sp³-hybridized carbons (Fsp3) is 0.368. The molecule has 0 fully saturated rings. The van der Waals surface area contributed by atoms with E-state index in [4.69, 9.17) is 5.73 Å². The van der Waals surface area contributed by atoms with Gasteiger partial charge in [-0.3, -0.25) is 9.59 Å². The lowest BCUT2D eigenvalue weighted by Gasteiger charge is -2.15. The van der Waals surface area contributed by atoms with Gasteiger partial charge in [-0.2, -0.15) is 0 Å². The average Bonchev–Trinajstić information content (AvgIpc) is 2.62. The molecule has 0 unspecified atom stereocenters. The summed E-state index contributed by atoms with van der Waals surface area (Å²) in [6.45, 7) is 6.46. The lowest BCUT2D eigenvalue weighted by molar-refractivity contribution is 0.0953. The number of pyridine rings is 1. The van der Waals surface area contributed by atoms with Crippen molar-refractivity contribution in [2.45, 2.75) is 20.4 Å². The first-order chi connectivity index (χ1) is 12.0. The molecule has 0 bridgehead atoms. The van der Waals surface area contributed by atoms with Gasteiger partial charge >= 0.3 is 0 Å². The molecule has 0 aliphatic rings. The van der Waals surface area contributed by atoms with Gasteiger partial charge in [-0.15, -0.1) is 0 Å². The zero-order valence-corrected chi connectivity index (χ0v) is 14.8. The van der Waals surface area contributed by atoms with Crippen LogP contribution >= 0.6 is 0 Å². The SMILES string of the molecule is Cc1c(C(=O)NCCNCCN)cc(C)n(Cc2ccccc2)c1=O. The van der Waals surface area contributed by atoms with E-state index in [1.807, 2.05) is 37.3 Å². The van der Waals surface area contributed by atoms with Crippen molar-refractivity contribution in [2.75, 3.05) is 26.2 Å². The number of benzene rings is 1. The lowest BCUT2D eigenvalue weighted by Crippen LogP contribution is -2.35. The second-order valence-corrected chi connectivity index (χ2v) is 6.00. The lowest BCUT2D eigenvalue weighted by atomic mass is 10.1. The molecule has 134 valence electrons. The molecule has 0 atom stereocenters. The predicted molar refractivity (Wildman–Crippen MR) is 100.0 cm³/mol. The van der Waals surface area contributed by atoms with Crippen molar-refractivity contribution < 1.29 is 4.79 Å². The van der Waals surface area contributed by atoms with E-state index in [1.165, 1.54) is 0 Å². The van der Waals surface area contributed by atoms with E-state index in [-0.39, 0.29) is 11.5 Å². The molecule has 0 saturated heterocycles. The zero-order valence-electron chi connectivity index (χ0n) is 14.8. The minimum Gasteiger partial charge on any atom is -0.351 e. The predicted octanol–water partition coefficient (Wildman–Crippen LogP) is 0.792. The molecule has 6 nitrogen and oxygen atoms in total. The van der Waals surface area contributed by atoms with Gasteiger partial charge < -0.3 is 20.9 Å². The highest BCUT2D eigenvalue weighted by molar-refractivity contribution is 5.95. The van der Waals surface area contributed by atoms with Crippen LogP contribution in [-0.4, -0.2) is 36.7 Å². The number of aromatic nitrogens is 1. The average molecular weight is 342 g/mol. The van der Waals surface area contributed by atoms with E-state index in [1.54, 1.807) is 17.6 Å². The quantitative estimate of drug-likeness (QED) is 0.619. The Morgan fingerprint density at radius 3 is 2.52 bits per heavy atom. The van der Waals surface area contributed by atoms with Crippen molar-refractivity contribution in [3.63, 3.8) is 0 Å². The summed E-state index contributed by atoms with van der Waals surface area (Å²) in [5, 5.41) is 5.94. The molecule has 0 saturated carbocycles. The van der Waals surface area contributed by atoms with E-state index < -0.39 is 0 Å². The monoisotopic (exact) mass is 342 g/mol. The molecule has 2 rings (SSSR count). The molecule has 0 radical (unpaired) electrons. The standard InChI is InChI=1S/C19H26N4O2/c1-14-12-17(18(24)22-11-10-21-9-8-20)15(2)19(25)23(14)13-16-6-4-3-5-7-16/h3-7,12,21H,8-11,13,20H2,1-2H3,(H,22,24). The maximum absolute atomic E-state index is 12.7. The third-order valence-electron chi connectivity index (χ3n) is 4.09. The van der Waals surface area contributed by atoms with Gasteiger partial charge in [0.15, 0.2) is 0 Å². The van der Waals surface area contributed by atoms with E-state index in [0.29, 0.717) is 43.9 Å². The van der Waals surface area contributed by atoms with Crippen LogP contribution in [0.2, 0.25) is 0 Å². The van der Waals surface area contributed by atoms with Gasteiger partial charge in [0.25, 0.3) is 11.5 Å². The molecular formula is C19H26N4O2. The number of hydrogen-bond donors (Lipinski definition) is 3. The number of aryl methyl sites for hydroxylation is 1. The Kier molecular flexibility index (Phi) is 6.91. The van der Waals surface area contributed by atoms with Crippen LogP contribution in [0.15, 0.2) is 41.2 Å². The van der Waals surface area contributed by atoms with Gasteiger partial charge in [-0.05, 0) is 25.5 Å². The summed E-state index contributed by atoms with van der Waals surface area (Å²) in [5.74, 6) is -0.223. The van der Waals surface area contributed by atoms with Gasteiger partial charge in [-0.1, -0.05) is 30.3 Å². The van der Waals surface area contributed by atoms with E-state index in [2.05, 4.69) is 10.6 Å². The maximum Gasteiger partial charge on any atom is 0.254 e. The van der Waals surface area contributed by atoms with Crippen molar-refractivity contribution in [3.05, 3.63) is 69.1 Å². The molecule has 1 aromatic carbocycles. The van der Waals surface area contributed by atoms with Gasteiger partial charge in [-0.25, -0.2) is 0 Å². The summed E-state index contributed by atoms with van der Waals surface area (Å²) in [4.78, 5) is 25.1. The summed E-state index contributed by atoms with van der Waals surface area (Å²) in [5.41, 5.74) is 7.99. The highest BCUT2D eigenvalue weighted by Crippen LogP contribution is 2.09. The maximum atomic E-state index is 12.7. The van der Waals surface area contributed by atoms with Gasteiger partial charge in [0, 0.05) is 43.0 Å². The van der Waals surface area contributed by atoms with Crippen molar-refractivity contribution in [1.82, 2.24) is 15.2 Å². The Morgan fingerprint density at radius 2 is 1.84 bits per heavy atom. The number of hydrogen-bond acceptors (Lipinski definition) is 4. The summed E-state index contributed by atoms with van der Waals surface area (Å²) in [6, 6.07) is 11.6. The molecule has 2 aromatic rings. The van der Waals surface area contributed by atoms with Crippen LogP contribution in [-0.2, 0) is 6.54 Å². The third kappa shape index (κ3) is 5.01.